The minimum absolute atomic E-state index is 0.198. The quantitative estimate of drug-likeness (QED) is 0.279. The van der Waals surface area contributed by atoms with E-state index < -0.39 is 18.2 Å². The summed E-state index contributed by atoms with van der Waals surface area (Å²) in [6.45, 7) is 1.02. The maximum absolute atomic E-state index is 13.4. The Labute approximate surface area is 224 Å². The van der Waals surface area contributed by atoms with Gasteiger partial charge in [0.05, 0.1) is 12.7 Å². The molecule has 2 atom stereocenters. The van der Waals surface area contributed by atoms with E-state index in [0.29, 0.717) is 47.5 Å². The smallest absolute Gasteiger partial charge is 0.416 e. The fraction of sp³-hybridized carbons (Fsp3) is 0.250. The summed E-state index contributed by atoms with van der Waals surface area (Å²) in [4.78, 5) is 18.6. The molecule has 0 bridgehead atoms. The molecule has 2 heterocycles. The van der Waals surface area contributed by atoms with Gasteiger partial charge >= 0.3 is 6.09 Å². The zero-order valence-corrected chi connectivity index (χ0v) is 21.5. The first-order chi connectivity index (χ1) is 17.9. The van der Waals surface area contributed by atoms with Crippen LogP contribution >= 0.6 is 23.2 Å². The number of halogens is 2. The lowest BCUT2D eigenvalue weighted by Gasteiger charge is -2.35. The third-order valence-corrected chi connectivity index (χ3v) is 7.02. The van der Waals surface area contributed by atoms with Gasteiger partial charge in [0.1, 0.15) is 17.5 Å². The second-order valence-corrected chi connectivity index (χ2v) is 9.84. The number of rotatable bonds is 7. The molecule has 0 spiro atoms. The molecule has 0 saturated heterocycles. The standard InChI is InChI=1S/C28H27Cl2N3O4/c29-18-3-8-22(9-4-18)37-28(35)33-13-11-23-24-15-19(30)5-10-25(24)32-26(23)27(33)17-1-6-21(7-2-17)36-14-12-20(34)16-31/h1-10,15,20,27,32,34H,11-14,16,31H2/t20?,27-/m0/s1. The maximum Gasteiger partial charge on any atom is 0.416 e. The van der Waals surface area contributed by atoms with Crippen molar-refractivity contribution in [2.45, 2.75) is 25.0 Å². The predicted molar refractivity (Wildman–Crippen MR) is 145 cm³/mol. The third kappa shape index (κ3) is 5.55. The number of hydrogen-bond donors (Lipinski definition) is 3. The molecule has 1 unspecified atom stereocenters. The highest BCUT2D eigenvalue weighted by molar-refractivity contribution is 6.31. The minimum atomic E-state index is -0.587. The summed E-state index contributed by atoms with van der Waals surface area (Å²) in [6, 6.07) is 19.7. The third-order valence-electron chi connectivity index (χ3n) is 6.53. The van der Waals surface area contributed by atoms with Crippen molar-refractivity contribution in [1.29, 1.82) is 0 Å². The van der Waals surface area contributed by atoms with Crippen LogP contribution in [0.5, 0.6) is 11.5 Å². The van der Waals surface area contributed by atoms with Gasteiger partial charge in [0.15, 0.2) is 0 Å². The van der Waals surface area contributed by atoms with Crippen molar-refractivity contribution in [3.8, 4) is 11.5 Å². The summed E-state index contributed by atoms with van der Waals surface area (Å²) < 4.78 is 11.5. The van der Waals surface area contributed by atoms with Gasteiger partial charge in [0.2, 0.25) is 0 Å². The van der Waals surface area contributed by atoms with Crippen molar-refractivity contribution in [1.82, 2.24) is 9.88 Å². The van der Waals surface area contributed by atoms with Crippen LogP contribution in [0.4, 0.5) is 4.79 Å². The van der Waals surface area contributed by atoms with Gasteiger partial charge < -0.3 is 25.3 Å². The molecular weight excluding hydrogens is 513 g/mol. The van der Waals surface area contributed by atoms with Gasteiger partial charge in [0, 0.05) is 46.2 Å². The fourth-order valence-corrected chi connectivity index (χ4v) is 4.94. The summed E-state index contributed by atoms with van der Waals surface area (Å²) in [5.41, 5.74) is 9.39. The Morgan fingerprint density at radius 2 is 1.76 bits per heavy atom. The van der Waals surface area contributed by atoms with Gasteiger partial charge in [0.25, 0.3) is 0 Å². The molecule has 1 aliphatic rings. The molecule has 5 rings (SSSR count). The van der Waals surface area contributed by atoms with Crippen molar-refractivity contribution in [2.24, 2.45) is 5.73 Å². The van der Waals surface area contributed by atoms with Gasteiger partial charge in [-0.15, -0.1) is 0 Å². The number of benzene rings is 3. The number of aliphatic hydroxyl groups is 1. The second-order valence-electron chi connectivity index (χ2n) is 8.97. The number of carbonyl (C=O) groups excluding carboxylic acids is 1. The molecule has 9 heteroatoms. The number of ether oxygens (including phenoxy) is 2. The van der Waals surface area contributed by atoms with E-state index in [0.717, 1.165) is 27.7 Å². The van der Waals surface area contributed by atoms with Crippen molar-refractivity contribution < 1.29 is 19.4 Å². The first-order valence-corrected chi connectivity index (χ1v) is 12.8. The number of H-pyrrole nitrogens is 1. The van der Waals surface area contributed by atoms with Crippen LogP contribution in [0.3, 0.4) is 0 Å². The highest BCUT2D eigenvalue weighted by atomic mass is 35.5. The number of carbonyl (C=O) groups is 1. The highest BCUT2D eigenvalue weighted by Gasteiger charge is 2.35. The summed E-state index contributed by atoms with van der Waals surface area (Å²) in [7, 11) is 0. The summed E-state index contributed by atoms with van der Waals surface area (Å²) in [5.74, 6) is 1.09. The van der Waals surface area contributed by atoms with Crippen LogP contribution in [0.2, 0.25) is 10.0 Å². The van der Waals surface area contributed by atoms with E-state index in [1.165, 1.54) is 0 Å². The number of aliphatic hydroxyl groups excluding tert-OH is 1. The molecule has 7 nitrogen and oxygen atoms in total. The average molecular weight is 540 g/mol. The molecule has 4 aromatic rings. The van der Waals surface area contributed by atoms with E-state index in [1.807, 2.05) is 42.5 Å². The fourth-order valence-electron chi connectivity index (χ4n) is 4.64. The van der Waals surface area contributed by atoms with Crippen LogP contribution < -0.4 is 15.2 Å². The summed E-state index contributed by atoms with van der Waals surface area (Å²) in [5, 5.41) is 11.9. The molecule has 1 amide bonds. The Balaban J connectivity index is 1.46. The van der Waals surface area contributed by atoms with E-state index >= 15 is 0 Å². The Kier molecular flexibility index (Phi) is 7.58. The summed E-state index contributed by atoms with van der Waals surface area (Å²) >= 11 is 12.3. The van der Waals surface area contributed by atoms with Gasteiger partial charge in [-0.2, -0.15) is 0 Å². The first kappa shape index (κ1) is 25.4. The number of aromatic amines is 1. The molecule has 0 aliphatic carbocycles. The predicted octanol–water partition coefficient (Wildman–Crippen LogP) is 5.71. The molecule has 0 radical (unpaired) electrons. The second kappa shape index (κ2) is 11.0. The normalized spacial score (nSPS) is 15.9. The average Bonchev–Trinajstić information content (AvgIpc) is 3.27. The van der Waals surface area contributed by atoms with E-state index in [1.54, 1.807) is 29.2 Å². The van der Waals surface area contributed by atoms with Gasteiger partial charge in [-0.25, -0.2) is 4.79 Å². The number of nitrogens with one attached hydrogen (secondary N) is 1. The zero-order valence-electron chi connectivity index (χ0n) is 20.0. The van der Waals surface area contributed by atoms with E-state index in [4.69, 9.17) is 38.4 Å². The van der Waals surface area contributed by atoms with Crippen molar-refractivity contribution in [2.75, 3.05) is 19.7 Å². The number of fused-ring (bicyclic) bond motifs is 3. The van der Waals surface area contributed by atoms with Gasteiger partial charge in [-0.05, 0) is 72.1 Å². The molecule has 1 aliphatic heterocycles. The van der Waals surface area contributed by atoms with Crippen LogP contribution in [0, 0.1) is 0 Å². The number of nitrogens with zero attached hydrogens (tertiary/aromatic N) is 1. The highest BCUT2D eigenvalue weighted by Crippen LogP contribution is 2.40. The van der Waals surface area contributed by atoms with Crippen LogP contribution in [0.15, 0.2) is 66.7 Å². The van der Waals surface area contributed by atoms with Crippen molar-refractivity contribution in [3.63, 3.8) is 0 Å². The number of aromatic nitrogens is 1. The lowest BCUT2D eigenvalue weighted by Crippen LogP contribution is -2.42. The molecule has 192 valence electrons. The van der Waals surface area contributed by atoms with Crippen LogP contribution in [0.1, 0.15) is 29.3 Å². The van der Waals surface area contributed by atoms with Gasteiger partial charge in [-0.3, -0.25) is 4.90 Å². The largest absolute Gasteiger partial charge is 0.493 e. The van der Waals surface area contributed by atoms with Crippen LogP contribution in [0.25, 0.3) is 10.9 Å². The Morgan fingerprint density at radius 3 is 2.49 bits per heavy atom. The SMILES string of the molecule is NCC(O)CCOc1ccc([C@H]2c3[nH]c4ccc(Cl)cc4c3CCN2C(=O)Oc2ccc(Cl)cc2)cc1. The number of hydrogen-bond acceptors (Lipinski definition) is 5. The molecule has 0 saturated carbocycles. The Hall–Kier alpha value is -3.23. The summed E-state index contributed by atoms with van der Waals surface area (Å²) in [6.07, 6.45) is 0.0695. The lowest BCUT2D eigenvalue weighted by atomic mass is 9.92. The topological polar surface area (TPSA) is 101 Å². The Bertz CT molecular complexity index is 1390. The van der Waals surface area contributed by atoms with E-state index in [2.05, 4.69) is 4.98 Å². The molecule has 0 fully saturated rings. The number of amides is 1. The maximum atomic E-state index is 13.4. The zero-order chi connectivity index (χ0) is 25.9. The first-order valence-electron chi connectivity index (χ1n) is 12.1. The monoisotopic (exact) mass is 539 g/mol. The van der Waals surface area contributed by atoms with E-state index in [-0.39, 0.29) is 6.54 Å². The molecule has 3 aromatic carbocycles. The molecular formula is C28H27Cl2N3O4. The minimum Gasteiger partial charge on any atom is -0.493 e. The van der Waals surface area contributed by atoms with Crippen molar-refractivity contribution >= 4 is 40.2 Å². The molecule has 1 aromatic heterocycles. The van der Waals surface area contributed by atoms with E-state index in [9.17, 15) is 9.90 Å². The molecule has 37 heavy (non-hydrogen) atoms. The molecule has 4 N–H and O–H groups in total. The van der Waals surface area contributed by atoms with Gasteiger partial charge in [-0.1, -0.05) is 35.3 Å². The Morgan fingerprint density at radius 1 is 1.05 bits per heavy atom. The van der Waals surface area contributed by atoms with Crippen LogP contribution in [-0.4, -0.2) is 46.9 Å². The lowest BCUT2D eigenvalue weighted by molar-refractivity contribution is 0.135. The number of nitrogens with two attached hydrogens (primary N) is 1. The van der Waals surface area contributed by atoms with Crippen LogP contribution in [-0.2, 0) is 6.42 Å². The van der Waals surface area contributed by atoms with Crippen molar-refractivity contribution in [3.05, 3.63) is 93.6 Å².